The van der Waals surface area contributed by atoms with Crippen LogP contribution in [0.1, 0.15) is 30.8 Å². The normalized spacial score (nSPS) is 12.9. The molecule has 1 unspecified atom stereocenters. The van der Waals surface area contributed by atoms with E-state index in [1.165, 1.54) is 0 Å². The maximum Gasteiger partial charge on any atom is 0.0963 e. The first-order chi connectivity index (χ1) is 10.2. The Morgan fingerprint density at radius 1 is 1.19 bits per heavy atom. The zero-order valence-corrected chi connectivity index (χ0v) is 12.6. The van der Waals surface area contributed by atoms with Gasteiger partial charge in [0.25, 0.3) is 0 Å². The van der Waals surface area contributed by atoms with E-state index < -0.39 is 0 Å². The standard InChI is InChI=1S/C15H20N6/c1-4-9-16-15(13-10-17-19-21(13)3)14-11-7-5-6-8-12(11)20(2)18-14/h5-8,10,15-16H,4,9H2,1-3H3. The number of hydrogen-bond acceptors (Lipinski definition) is 4. The lowest BCUT2D eigenvalue weighted by Crippen LogP contribution is -2.26. The second-order valence-corrected chi connectivity index (χ2v) is 5.20. The van der Waals surface area contributed by atoms with E-state index >= 15 is 0 Å². The van der Waals surface area contributed by atoms with Gasteiger partial charge in [0, 0.05) is 19.5 Å². The van der Waals surface area contributed by atoms with Gasteiger partial charge < -0.3 is 5.32 Å². The molecule has 1 N–H and O–H groups in total. The van der Waals surface area contributed by atoms with Gasteiger partial charge in [0.1, 0.15) is 0 Å². The molecule has 0 bridgehead atoms. The summed E-state index contributed by atoms with van der Waals surface area (Å²) in [6, 6.07) is 8.28. The van der Waals surface area contributed by atoms with Crippen molar-refractivity contribution < 1.29 is 0 Å². The third-order valence-corrected chi connectivity index (χ3v) is 3.70. The number of hydrogen-bond donors (Lipinski definition) is 1. The Hall–Kier alpha value is -2.21. The third kappa shape index (κ3) is 2.42. The molecule has 2 aromatic heterocycles. The average Bonchev–Trinajstić information content (AvgIpc) is 3.06. The molecular weight excluding hydrogens is 264 g/mol. The molecule has 3 rings (SSSR count). The fraction of sp³-hybridized carbons (Fsp3) is 0.400. The molecule has 110 valence electrons. The van der Waals surface area contributed by atoms with Crippen molar-refractivity contribution >= 4 is 10.9 Å². The second-order valence-electron chi connectivity index (χ2n) is 5.20. The van der Waals surface area contributed by atoms with Gasteiger partial charge in [0.15, 0.2) is 0 Å². The van der Waals surface area contributed by atoms with E-state index in [0.29, 0.717) is 0 Å². The molecule has 0 spiro atoms. The first-order valence-electron chi connectivity index (χ1n) is 7.22. The molecule has 3 aromatic rings. The monoisotopic (exact) mass is 284 g/mol. The van der Waals surface area contributed by atoms with E-state index in [4.69, 9.17) is 5.10 Å². The number of nitrogens with one attached hydrogen (secondary N) is 1. The van der Waals surface area contributed by atoms with Gasteiger partial charge in [-0.05, 0) is 19.0 Å². The highest BCUT2D eigenvalue weighted by Gasteiger charge is 2.23. The van der Waals surface area contributed by atoms with Crippen molar-refractivity contribution in [2.75, 3.05) is 6.54 Å². The third-order valence-electron chi connectivity index (χ3n) is 3.70. The lowest BCUT2D eigenvalue weighted by molar-refractivity contribution is 0.537. The van der Waals surface area contributed by atoms with Crippen LogP contribution in [0.5, 0.6) is 0 Å². The minimum atomic E-state index is -0.00366. The quantitative estimate of drug-likeness (QED) is 0.776. The smallest absolute Gasteiger partial charge is 0.0963 e. The van der Waals surface area contributed by atoms with Crippen LogP contribution in [-0.2, 0) is 14.1 Å². The van der Waals surface area contributed by atoms with Gasteiger partial charge in [-0.3, -0.25) is 9.36 Å². The molecule has 0 aliphatic rings. The number of para-hydroxylation sites is 1. The molecule has 1 aromatic carbocycles. The number of aromatic nitrogens is 5. The van der Waals surface area contributed by atoms with Gasteiger partial charge in [-0.1, -0.05) is 30.3 Å². The van der Waals surface area contributed by atoms with Gasteiger partial charge in [0.05, 0.1) is 29.1 Å². The molecule has 0 fully saturated rings. The maximum atomic E-state index is 4.73. The van der Waals surface area contributed by atoms with Crippen LogP contribution >= 0.6 is 0 Å². The highest BCUT2D eigenvalue weighted by atomic mass is 15.4. The van der Waals surface area contributed by atoms with Crippen molar-refractivity contribution in [1.82, 2.24) is 30.1 Å². The van der Waals surface area contributed by atoms with E-state index in [0.717, 1.165) is 35.3 Å². The van der Waals surface area contributed by atoms with Gasteiger partial charge in [-0.15, -0.1) is 5.10 Å². The molecule has 0 saturated carbocycles. The molecule has 0 aliphatic heterocycles. The Bertz CT molecular complexity index is 742. The van der Waals surface area contributed by atoms with E-state index in [9.17, 15) is 0 Å². The zero-order valence-electron chi connectivity index (χ0n) is 12.6. The van der Waals surface area contributed by atoms with Crippen LogP contribution in [-0.4, -0.2) is 31.3 Å². The Kier molecular flexibility index (Phi) is 3.70. The highest BCUT2D eigenvalue weighted by Crippen LogP contribution is 2.27. The van der Waals surface area contributed by atoms with Crippen LogP contribution in [0.15, 0.2) is 30.5 Å². The minimum absolute atomic E-state index is 0.00366. The van der Waals surface area contributed by atoms with Gasteiger partial charge in [0.2, 0.25) is 0 Å². The van der Waals surface area contributed by atoms with Crippen LogP contribution in [0.4, 0.5) is 0 Å². The molecule has 0 amide bonds. The summed E-state index contributed by atoms with van der Waals surface area (Å²) < 4.78 is 3.73. The summed E-state index contributed by atoms with van der Waals surface area (Å²) in [7, 11) is 3.89. The fourth-order valence-electron chi connectivity index (χ4n) is 2.64. The van der Waals surface area contributed by atoms with Crippen LogP contribution in [0.25, 0.3) is 10.9 Å². The molecule has 6 nitrogen and oxygen atoms in total. The molecule has 0 saturated heterocycles. The molecule has 21 heavy (non-hydrogen) atoms. The van der Waals surface area contributed by atoms with E-state index in [1.54, 1.807) is 10.9 Å². The van der Waals surface area contributed by atoms with Crippen molar-refractivity contribution in [1.29, 1.82) is 0 Å². The predicted molar refractivity (Wildman–Crippen MR) is 81.9 cm³/mol. The van der Waals surface area contributed by atoms with Crippen molar-refractivity contribution in [2.45, 2.75) is 19.4 Å². The van der Waals surface area contributed by atoms with Gasteiger partial charge >= 0.3 is 0 Å². The Balaban J connectivity index is 2.12. The van der Waals surface area contributed by atoms with Crippen molar-refractivity contribution in [3.63, 3.8) is 0 Å². The molecule has 6 heteroatoms. The topological polar surface area (TPSA) is 60.6 Å². The first-order valence-corrected chi connectivity index (χ1v) is 7.22. The molecule has 1 atom stereocenters. The summed E-state index contributed by atoms with van der Waals surface area (Å²) in [4.78, 5) is 0. The molecule has 0 aliphatic carbocycles. The Morgan fingerprint density at radius 3 is 2.71 bits per heavy atom. The van der Waals surface area contributed by atoms with E-state index in [1.807, 2.05) is 30.9 Å². The van der Waals surface area contributed by atoms with E-state index in [-0.39, 0.29) is 6.04 Å². The highest BCUT2D eigenvalue weighted by molar-refractivity contribution is 5.82. The summed E-state index contributed by atoms with van der Waals surface area (Å²) >= 11 is 0. The Labute approximate surface area is 123 Å². The number of rotatable bonds is 5. The van der Waals surface area contributed by atoms with Crippen molar-refractivity contribution in [3.8, 4) is 0 Å². The molecular formula is C15H20N6. The fourth-order valence-corrected chi connectivity index (χ4v) is 2.64. The molecule has 0 radical (unpaired) electrons. The van der Waals surface area contributed by atoms with Gasteiger partial charge in [-0.25, -0.2) is 0 Å². The van der Waals surface area contributed by atoms with Crippen LogP contribution in [0.2, 0.25) is 0 Å². The average molecular weight is 284 g/mol. The maximum absolute atomic E-state index is 4.73. The predicted octanol–water partition coefficient (Wildman–Crippen LogP) is 1.79. The SMILES string of the molecule is CCCNC(c1nn(C)c2ccccc12)c1cnnn1C. The van der Waals surface area contributed by atoms with Gasteiger partial charge in [-0.2, -0.15) is 5.10 Å². The lowest BCUT2D eigenvalue weighted by Gasteiger charge is -2.16. The summed E-state index contributed by atoms with van der Waals surface area (Å²) in [6.45, 7) is 3.07. The van der Waals surface area contributed by atoms with Crippen LogP contribution in [0.3, 0.4) is 0 Å². The van der Waals surface area contributed by atoms with E-state index in [2.05, 4.69) is 34.7 Å². The van der Waals surface area contributed by atoms with Crippen LogP contribution in [0, 0.1) is 0 Å². The Morgan fingerprint density at radius 2 is 2.00 bits per heavy atom. The first kappa shape index (κ1) is 13.8. The number of aryl methyl sites for hydroxylation is 2. The number of fused-ring (bicyclic) bond motifs is 1. The van der Waals surface area contributed by atoms with Crippen molar-refractivity contribution in [3.05, 3.63) is 41.9 Å². The largest absolute Gasteiger partial charge is 0.304 e. The summed E-state index contributed by atoms with van der Waals surface area (Å²) in [5.41, 5.74) is 3.17. The van der Waals surface area contributed by atoms with Crippen molar-refractivity contribution in [2.24, 2.45) is 14.1 Å². The zero-order chi connectivity index (χ0) is 14.8. The number of benzene rings is 1. The number of nitrogens with zero attached hydrogens (tertiary/aromatic N) is 5. The minimum Gasteiger partial charge on any atom is -0.304 e. The summed E-state index contributed by atoms with van der Waals surface area (Å²) in [6.07, 6.45) is 2.86. The second kappa shape index (κ2) is 5.65. The van der Waals surface area contributed by atoms with Crippen LogP contribution < -0.4 is 5.32 Å². The lowest BCUT2D eigenvalue weighted by atomic mass is 10.1. The summed E-state index contributed by atoms with van der Waals surface area (Å²) in [5, 5.41) is 17.5. The molecule has 2 heterocycles. The summed E-state index contributed by atoms with van der Waals surface area (Å²) in [5.74, 6) is 0.